The maximum Gasteiger partial charge on any atom is 0.416 e. The van der Waals surface area contributed by atoms with Crippen LogP contribution in [-0.2, 0) is 6.18 Å². The molecule has 0 aliphatic carbocycles. The van der Waals surface area contributed by atoms with Gasteiger partial charge in [0.2, 0.25) is 0 Å². The molecule has 2 aromatic rings. The van der Waals surface area contributed by atoms with E-state index < -0.39 is 11.7 Å². The van der Waals surface area contributed by atoms with Gasteiger partial charge in [-0.1, -0.05) is 30.3 Å². The summed E-state index contributed by atoms with van der Waals surface area (Å²) in [6, 6.07) is 17.1. The van der Waals surface area contributed by atoms with Gasteiger partial charge in [0.05, 0.1) is 5.56 Å². The Morgan fingerprint density at radius 2 is 1.64 bits per heavy atom. The fourth-order valence-corrected chi connectivity index (χ4v) is 3.56. The molecule has 1 aliphatic rings. The van der Waals surface area contributed by atoms with Crippen LogP contribution in [0.2, 0.25) is 0 Å². The SMILES string of the molecule is N#CC(C#N)=Cc1cc(C(F)(F)F)ccc1N1CCC(c2ccccc2)CC1. The number of alkyl halides is 3. The Balaban J connectivity index is 1.88. The first-order valence-corrected chi connectivity index (χ1v) is 8.95. The molecule has 2 aromatic carbocycles. The highest BCUT2D eigenvalue weighted by atomic mass is 19.4. The zero-order valence-corrected chi connectivity index (χ0v) is 15.1. The molecule has 0 aromatic heterocycles. The molecule has 142 valence electrons. The van der Waals surface area contributed by atoms with Crippen LogP contribution in [0, 0.1) is 22.7 Å². The average molecular weight is 381 g/mol. The van der Waals surface area contributed by atoms with Crippen LogP contribution in [-0.4, -0.2) is 13.1 Å². The van der Waals surface area contributed by atoms with E-state index >= 15 is 0 Å². The summed E-state index contributed by atoms with van der Waals surface area (Å²) in [7, 11) is 0. The normalized spacial score (nSPS) is 14.8. The molecule has 1 saturated heterocycles. The predicted molar refractivity (Wildman–Crippen MR) is 101 cm³/mol. The quantitative estimate of drug-likeness (QED) is 0.658. The molecule has 0 spiro atoms. The van der Waals surface area contributed by atoms with Gasteiger partial charge in [-0.15, -0.1) is 0 Å². The van der Waals surface area contributed by atoms with Crippen LogP contribution in [0.5, 0.6) is 0 Å². The van der Waals surface area contributed by atoms with Gasteiger partial charge in [0.25, 0.3) is 0 Å². The van der Waals surface area contributed by atoms with Crippen molar-refractivity contribution in [1.82, 2.24) is 0 Å². The molecule has 0 bridgehead atoms. The van der Waals surface area contributed by atoms with Crippen molar-refractivity contribution in [2.75, 3.05) is 18.0 Å². The Morgan fingerprint density at radius 3 is 2.21 bits per heavy atom. The third kappa shape index (κ3) is 4.35. The molecule has 3 rings (SSSR count). The summed E-state index contributed by atoms with van der Waals surface area (Å²) < 4.78 is 39.4. The summed E-state index contributed by atoms with van der Waals surface area (Å²) in [5.74, 6) is 0.416. The molecule has 28 heavy (non-hydrogen) atoms. The zero-order chi connectivity index (χ0) is 20.1. The molecule has 0 N–H and O–H groups in total. The first kappa shape index (κ1) is 19.5. The minimum atomic E-state index is -4.49. The monoisotopic (exact) mass is 381 g/mol. The molecule has 3 nitrogen and oxygen atoms in total. The van der Waals surface area contributed by atoms with Crippen LogP contribution < -0.4 is 4.90 Å². The van der Waals surface area contributed by atoms with Gasteiger partial charge in [0, 0.05) is 24.3 Å². The highest BCUT2D eigenvalue weighted by Crippen LogP contribution is 2.36. The van der Waals surface area contributed by atoms with Crippen LogP contribution in [0.25, 0.3) is 6.08 Å². The first-order chi connectivity index (χ1) is 13.4. The summed E-state index contributed by atoms with van der Waals surface area (Å²) in [6.07, 6.45) is -1.48. The second kappa shape index (κ2) is 8.19. The van der Waals surface area contributed by atoms with E-state index in [0.717, 1.165) is 25.0 Å². The van der Waals surface area contributed by atoms with Gasteiger partial charge in [-0.25, -0.2) is 0 Å². The van der Waals surface area contributed by atoms with E-state index in [2.05, 4.69) is 12.1 Å². The number of nitriles is 2. The number of hydrogen-bond donors (Lipinski definition) is 0. The number of piperidine rings is 1. The summed E-state index contributed by atoms with van der Waals surface area (Å²) in [5.41, 5.74) is 1.11. The third-order valence-corrected chi connectivity index (χ3v) is 5.00. The molecule has 1 aliphatic heterocycles. The van der Waals surface area contributed by atoms with Crippen molar-refractivity contribution in [3.63, 3.8) is 0 Å². The Morgan fingerprint density at radius 1 is 1.00 bits per heavy atom. The van der Waals surface area contributed by atoms with Gasteiger partial charge in [0.1, 0.15) is 17.7 Å². The molecule has 0 amide bonds. The van der Waals surface area contributed by atoms with E-state index in [1.54, 1.807) is 12.1 Å². The molecule has 1 fully saturated rings. The second-order valence-electron chi connectivity index (χ2n) is 6.72. The van der Waals surface area contributed by atoms with Crippen molar-refractivity contribution in [3.05, 3.63) is 70.8 Å². The van der Waals surface area contributed by atoms with Gasteiger partial charge in [0.15, 0.2) is 0 Å². The van der Waals surface area contributed by atoms with E-state index in [1.807, 2.05) is 23.1 Å². The van der Waals surface area contributed by atoms with Gasteiger partial charge < -0.3 is 4.90 Å². The molecule has 0 radical (unpaired) electrons. The number of rotatable bonds is 3. The molecule has 6 heteroatoms. The topological polar surface area (TPSA) is 50.8 Å². The summed E-state index contributed by atoms with van der Waals surface area (Å²) >= 11 is 0. The van der Waals surface area contributed by atoms with Gasteiger partial charge in [-0.05, 0) is 48.6 Å². The van der Waals surface area contributed by atoms with Gasteiger partial charge in [-0.3, -0.25) is 0 Å². The van der Waals surface area contributed by atoms with E-state index in [9.17, 15) is 13.2 Å². The second-order valence-corrected chi connectivity index (χ2v) is 6.72. The molecular weight excluding hydrogens is 363 g/mol. The van der Waals surface area contributed by atoms with Crippen LogP contribution in [0.3, 0.4) is 0 Å². The average Bonchev–Trinajstić information content (AvgIpc) is 2.72. The van der Waals surface area contributed by atoms with Gasteiger partial charge in [-0.2, -0.15) is 23.7 Å². The van der Waals surface area contributed by atoms with Crippen LogP contribution in [0.1, 0.15) is 35.4 Å². The van der Waals surface area contributed by atoms with E-state index in [0.29, 0.717) is 24.7 Å². The zero-order valence-electron chi connectivity index (χ0n) is 15.1. The lowest BCUT2D eigenvalue weighted by molar-refractivity contribution is -0.137. The number of benzene rings is 2. The van der Waals surface area contributed by atoms with Crippen molar-refractivity contribution < 1.29 is 13.2 Å². The lowest BCUT2D eigenvalue weighted by Crippen LogP contribution is -2.33. The summed E-state index contributed by atoms with van der Waals surface area (Å²) in [5, 5.41) is 18.0. The van der Waals surface area contributed by atoms with Crippen LogP contribution >= 0.6 is 0 Å². The lowest BCUT2D eigenvalue weighted by atomic mass is 9.89. The van der Waals surface area contributed by atoms with Gasteiger partial charge >= 0.3 is 6.18 Å². The van der Waals surface area contributed by atoms with E-state index in [-0.39, 0.29) is 11.1 Å². The maximum absolute atomic E-state index is 13.1. The minimum Gasteiger partial charge on any atom is -0.371 e. The Hall–Kier alpha value is -3.25. The standard InChI is InChI=1S/C22H18F3N3/c23-22(24,25)20-6-7-21(19(13-20)12-16(14-26)15-27)28-10-8-18(9-11-28)17-4-2-1-3-5-17/h1-7,12-13,18H,8-11H2. The number of allylic oxidation sites excluding steroid dienone is 1. The first-order valence-electron chi connectivity index (χ1n) is 8.95. The minimum absolute atomic E-state index is 0.222. The highest BCUT2D eigenvalue weighted by molar-refractivity contribution is 5.73. The Labute approximate surface area is 161 Å². The maximum atomic E-state index is 13.1. The number of nitrogens with zero attached hydrogens (tertiary/aromatic N) is 3. The molecule has 0 unspecified atom stereocenters. The van der Waals surface area contributed by atoms with Crippen molar-refractivity contribution >= 4 is 11.8 Å². The van der Waals surface area contributed by atoms with E-state index in [1.165, 1.54) is 17.7 Å². The summed E-state index contributed by atoms with van der Waals surface area (Å²) in [4.78, 5) is 2.03. The van der Waals surface area contributed by atoms with Crippen LogP contribution in [0.15, 0.2) is 54.1 Å². The lowest BCUT2D eigenvalue weighted by Gasteiger charge is -2.35. The fraction of sp³-hybridized carbons (Fsp3) is 0.273. The van der Waals surface area contributed by atoms with E-state index in [4.69, 9.17) is 10.5 Å². The molecule has 0 atom stereocenters. The number of hydrogen-bond acceptors (Lipinski definition) is 3. The third-order valence-electron chi connectivity index (χ3n) is 5.00. The molecular formula is C22H18F3N3. The molecule has 0 saturated carbocycles. The van der Waals surface area contributed by atoms with Crippen molar-refractivity contribution in [2.24, 2.45) is 0 Å². The smallest absolute Gasteiger partial charge is 0.371 e. The Bertz CT molecular complexity index is 926. The summed E-state index contributed by atoms with van der Waals surface area (Å²) in [6.45, 7) is 1.39. The van der Waals surface area contributed by atoms with Crippen LogP contribution in [0.4, 0.5) is 18.9 Å². The predicted octanol–water partition coefficient (Wildman–Crippen LogP) is 5.52. The largest absolute Gasteiger partial charge is 0.416 e. The molecule has 1 heterocycles. The van der Waals surface area contributed by atoms with Crippen molar-refractivity contribution in [3.8, 4) is 12.1 Å². The number of halogens is 3. The highest BCUT2D eigenvalue weighted by Gasteiger charge is 2.31. The number of anilines is 1. The fourth-order valence-electron chi connectivity index (χ4n) is 3.56. The Kier molecular flexibility index (Phi) is 5.70. The van der Waals surface area contributed by atoms with Crippen molar-refractivity contribution in [1.29, 1.82) is 10.5 Å². The van der Waals surface area contributed by atoms with Crippen molar-refractivity contribution in [2.45, 2.75) is 24.9 Å².